The molecule has 526 valence electrons. The summed E-state index contributed by atoms with van der Waals surface area (Å²) in [6.45, 7) is 4.73. The predicted octanol–water partition coefficient (Wildman–Crippen LogP) is 19.8. The third-order valence-electron chi connectivity index (χ3n) is 15.4. The molecule has 0 saturated carbocycles. The lowest BCUT2D eigenvalue weighted by Gasteiger charge is -2.21. The van der Waals surface area contributed by atoms with Gasteiger partial charge in [-0.25, -0.2) is 9.13 Å². The number of carbonyl (C=O) groups is 4. The Bertz CT molecular complexity index is 1910. The van der Waals surface area contributed by atoms with Gasteiger partial charge in [0.1, 0.15) is 19.3 Å². The van der Waals surface area contributed by atoms with Gasteiger partial charge in [0.05, 0.1) is 26.4 Å². The summed E-state index contributed by atoms with van der Waals surface area (Å²) in [5.41, 5.74) is 0. The van der Waals surface area contributed by atoms with Crippen molar-refractivity contribution in [2.24, 2.45) is 0 Å². The second-order valence-electron chi connectivity index (χ2n) is 24.3. The highest BCUT2D eigenvalue weighted by molar-refractivity contribution is 7.47. The zero-order valence-electron chi connectivity index (χ0n) is 57.1. The largest absolute Gasteiger partial charge is 0.472 e. The Kier molecular flexibility index (Phi) is 62.6. The van der Waals surface area contributed by atoms with Gasteiger partial charge in [0.2, 0.25) is 0 Å². The first-order valence-corrected chi connectivity index (χ1v) is 38.9. The van der Waals surface area contributed by atoms with E-state index in [0.717, 1.165) is 128 Å². The zero-order valence-corrected chi connectivity index (χ0v) is 58.9. The van der Waals surface area contributed by atoms with Crippen molar-refractivity contribution in [3.05, 3.63) is 48.6 Å². The molecule has 5 atom stereocenters. The van der Waals surface area contributed by atoms with Gasteiger partial charge < -0.3 is 33.8 Å². The number of esters is 4. The van der Waals surface area contributed by atoms with Gasteiger partial charge in [-0.2, -0.15) is 0 Å². The van der Waals surface area contributed by atoms with Crippen LogP contribution in [0.4, 0.5) is 0 Å². The van der Waals surface area contributed by atoms with Crippen molar-refractivity contribution in [1.82, 2.24) is 0 Å². The number of carbonyl (C=O) groups excluding carboxylic acids is 4. The average molecular weight is 1320 g/mol. The van der Waals surface area contributed by atoms with E-state index < -0.39 is 97.5 Å². The normalized spacial score (nSPS) is 14.3. The number of unbranched alkanes of at least 4 members (excludes halogenated alkanes) is 36. The van der Waals surface area contributed by atoms with Crippen LogP contribution in [0.25, 0.3) is 0 Å². The van der Waals surface area contributed by atoms with Crippen LogP contribution < -0.4 is 0 Å². The first-order chi connectivity index (χ1) is 43.7. The zero-order chi connectivity index (χ0) is 66.1. The minimum atomic E-state index is -4.96. The average Bonchev–Trinajstić information content (AvgIpc) is 3.25. The molecule has 0 aromatic carbocycles. The fourth-order valence-corrected chi connectivity index (χ4v) is 11.4. The van der Waals surface area contributed by atoms with Crippen molar-refractivity contribution in [2.75, 3.05) is 39.6 Å². The summed E-state index contributed by atoms with van der Waals surface area (Å²) in [5.74, 6) is -2.19. The van der Waals surface area contributed by atoms with Crippen LogP contribution in [-0.4, -0.2) is 96.7 Å². The Morgan fingerprint density at radius 1 is 0.311 bits per heavy atom. The van der Waals surface area contributed by atoms with Crippen molar-refractivity contribution in [2.45, 2.75) is 341 Å². The molecule has 0 fully saturated rings. The van der Waals surface area contributed by atoms with E-state index in [9.17, 15) is 43.2 Å². The standard InChI is InChI=1S/C71H130O17P2/c1-5-9-13-17-20-23-26-29-32-35-38-41-44-48-52-56-69(74)82-62-67(88-71(76)58-54-50-46-43-40-37-34-31-28-25-22-19-15-11-7-3)64-86-90(79,80)84-60-65(72)59-83-89(77,78)85-63-66(61-81-68(73)55-51-47-16-12-8-4)87-70(75)57-53-49-45-42-39-36-33-30-27-24-21-18-14-10-6-2/h23,25-26,28-29,31-32,34,65-67,72H,5-22,24,27,30,33,35-64H2,1-4H3,(H,77,78)(H,79,80)/b26-23-,28-25-,32-29-,34-31-/t65-,66+,67+/m0/s1. The Balaban J connectivity index is 5.22. The lowest BCUT2D eigenvalue weighted by molar-refractivity contribution is -0.161. The number of phosphoric ester groups is 2. The molecule has 2 unspecified atom stereocenters. The van der Waals surface area contributed by atoms with Gasteiger partial charge in [-0.3, -0.25) is 37.3 Å². The predicted molar refractivity (Wildman–Crippen MR) is 363 cm³/mol. The number of ether oxygens (including phenoxy) is 4. The van der Waals surface area contributed by atoms with E-state index in [-0.39, 0.29) is 25.7 Å². The van der Waals surface area contributed by atoms with E-state index in [1.54, 1.807) is 0 Å². The molecule has 3 N–H and O–H groups in total. The molecule has 0 aliphatic carbocycles. The lowest BCUT2D eigenvalue weighted by atomic mass is 10.0. The molecule has 0 radical (unpaired) electrons. The van der Waals surface area contributed by atoms with Crippen LogP contribution in [0.5, 0.6) is 0 Å². The van der Waals surface area contributed by atoms with Crippen molar-refractivity contribution in [1.29, 1.82) is 0 Å². The first-order valence-electron chi connectivity index (χ1n) is 35.9. The second-order valence-corrected chi connectivity index (χ2v) is 27.2. The van der Waals surface area contributed by atoms with Crippen molar-refractivity contribution in [3.63, 3.8) is 0 Å². The molecule has 17 nitrogen and oxygen atoms in total. The van der Waals surface area contributed by atoms with Gasteiger partial charge in [0.15, 0.2) is 12.2 Å². The van der Waals surface area contributed by atoms with E-state index in [1.807, 2.05) is 0 Å². The highest BCUT2D eigenvalue weighted by Crippen LogP contribution is 2.45. The fraction of sp³-hybridized carbons (Fsp3) is 0.831. The summed E-state index contributed by atoms with van der Waals surface area (Å²) in [6.07, 6.45) is 58.8. The van der Waals surface area contributed by atoms with Crippen molar-refractivity contribution < 1.29 is 80.2 Å². The Morgan fingerprint density at radius 2 is 0.533 bits per heavy atom. The van der Waals surface area contributed by atoms with E-state index in [2.05, 4.69) is 76.3 Å². The van der Waals surface area contributed by atoms with Gasteiger partial charge in [0, 0.05) is 25.7 Å². The number of hydrogen-bond acceptors (Lipinski definition) is 15. The fourth-order valence-electron chi connectivity index (χ4n) is 9.79. The number of hydrogen-bond donors (Lipinski definition) is 3. The highest BCUT2D eigenvalue weighted by atomic mass is 31.2. The smallest absolute Gasteiger partial charge is 0.462 e. The molecule has 0 aliphatic heterocycles. The molecule has 0 heterocycles. The van der Waals surface area contributed by atoms with Crippen LogP contribution in [0.1, 0.15) is 323 Å². The molecule has 0 spiro atoms. The molecule has 0 amide bonds. The topological polar surface area (TPSA) is 237 Å². The van der Waals surface area contributed by atoms with Crippen LogP contribution in [0.2, 0.25) is 0 Å². The third kappa shape index (κ3) is 63.8. The van der Waals surface area contributed by atoms with Crippen LogP contribution in [0.15, 0.2) is 48.6 Å². The number of aliphatic hydroxyl groups is 1. The number of phosphoric acid groups is 2. The lowest BCUT2D eigenvalue weighted by Crippen LogP contribution is -2.30. The molecule has 0 saturated heterocycles. The summed E-state index contributed by atoms with van der Waals surface area (Å²) in [5, 5.41) is 10.6. The summed E-state index contributed by atoms with van der Waals surface area (Å²) >= 11 is 0. The van der Waals surface area contributed by atoms with Crippen LogP contribution in [0.3, 0.4) is 0 Å². The maximum atomic E-state index is 13.0. The first kappa shape index (κ1) is 87.0. The van der Waals surface area contributed by atoms with E-state index in [4.69, 9.17) is 37.0 Å². The summed E-state index contributed by atoms with van der Waals surface area (Å²) < 4.78 is 68.0. The molecule has 0 aliphatic rings. The Morgan fingerprint density at radius 3 is 0.811 bits per heavy atom. The molecule has 19 heteroatoms. The highest BCUT2D eigenvalue weighted by Gasteiger charge is 2.30. The minimum absolute atomic E-state index is 0.0784. The number of rotatable bonds is 68. The molecule has 0 aromatic rings. The summed E-state index contributed by atoms with van der Waals surface area (Å²) in [7, 11) is -9.91. The minimum Gasteiger partial charge on any atom is -0.462 e. The molecule has 0 rings (SSSR count). The third-order valence-corrected chi connectivity index (χ3v) is 17.3. The number of aliphatic hydroxyl groups excluding tert-OH is 1. The van der Waals surface area contributed by atoms with Crippen LogP contribution in [0, 0.1) is 0 Å². The maximum absolute atomic E-state index is 13.0. The number of allylic oxidation sites excluding steroid dienone is 8. The quantitative estimate of drug-likeness (QED) is 0.0169. The molecule has 0 aromatic heterocycles. The second kappa shape index (κ2) is 64.7. The Hall–Kier alpha value is -2.98. The molecular formula is C71H130O17P2. The van der Waals surface area contributed by atoms with Gasteiger partial charge in [0.25, 0.3) is 0 Å². The monoisotopic (exact) mass is 1320 g/mol. The molecule has 90 heavy (non-hydrogen) atoms. The van der Waals surface area contributed by atoms with Gasteiger partial charge in [-0.1, -0.05) is 269 Å². The molecular weight excluding hydrogens is 1190 g/mol. The van der Waals surface area contributed by atoms with Gasteiger partial charge in [-0.15, -0.1) is 0 Å². The summed E-state index contributed by atoms with van der Waals surface area (Å²) in [6, 6.07) is 0. The van der Waals surface area contributed by atoms with E-state index in [1.165, 1.54) is 116 Å². The van der Waals surface area contributed by atoms with Gasteiger partial charge >= 0.3 is 39.5 Å². The summed E-state index contributed by atoms with van der Waals surface area (Å²) in [4.78, 5) is 72.3. The van der Waals surface area contributed by atoms with Crippen molar-refractivity contribution >= 4 is 39.5 Å². The van der Waals surface area contributed by atoms with E-state index in [0.29, 0.717) is 25.7 Å². The van der Waals surface area contributed by atoms with E-state index >= 15 is 0 Å². The van der Waals surface area contributed by atoms with Crippen molar-refractivity contribution in [3.8, 4) is 0 Å². The SMILES string of the molecule is CCCCCC/C=C\C=C/CCCCCCCC(=O)OC[C@H](COP(=O)(O)OC[C@@H](O)COP(=O)(O)OC[C@@H](COC(=O)CCCCCCC)OC(=O)CCCCCCCCCCCCCCCCC)OC(=O)CCCCCCC/C=C\C=C/CCCCCC. The van der Waals surface area contributed by atoms with Crippen LogP contribution in [-0.2, 0) is 65.4 Å². The molecule has 0 bridgehead atoms. The Labute approximate surface area is 547 Å². The van der Waals surface area contributed by atoms with Gasteiger partial charge in [-0.05, 0) is 77.0 Å². The maximum Gasteiger partial charge on any atom is 0.472 e. The van der Waals surface area contributed by atoms with Crippen LogP contribution >= 0.6 is 15.6 Å².